The third kappa shape index (κ3) is 5.30. The van der Waals surface area contributed by atoms with Crippen LogP contribution in [0.2, 0.25) is 0 Å². The van der Waals surface area contributed by atoms with Gasteiger partial charge >= 0.3 is 0 Å². The number of allylic oxidation sites excluding steroid dienone is 1. The van der Waals surface area contributed by atoms with Gasteiger partial charge in [-0.1, -0.05) is 54.6 Å². The van der Waals surface area contributed by atoms with Crippen LogP contribution in [-0.4, -0.2) is 21.5 Å². The molecule has 1 atom stereocenters. The molecule has 0 bridgehead atoms. The molecular weight excluding hydrogens is 477 g/mol. The number of hydrogen-bond acceptors (Lipinski definition) is 3. The standard InChI is InChI=1S/C32H26FN3O2/c1-22(37)11-12-23-7-6-10-29(17-23)36(32(38)24-8-4-3-5-9-24)21-27-14-13-26(19-30(27)33)25-15-16-31-28(18-25)20-34-35(31)2/h3-20H,21H2,1-2H3/b12-11+/i21D. The number of ketones is 1. The fraction of sp³-hybridized carbons (Fsp3) is 0.0938. The molecule has 1 heterocycles. The molecular formula is C32H26FN3O2. The van der Waals surface area contributed by atoms with Crippen molar-refractivity contribution in [1.82, 2.24) is 9.78 Å². The number of amides is 1. The zero-order chi connectivity index (χ0) is 27.5. The highest BCUT2D eigenvalue weighted by Crippen LogP contribution is 2.28. The summed E-state index contributed by atoms with van der Waals surface area (Å²) in [4.78, 5) is 26.4. The molecule has 0 aliphatic heterocycles. The fourth-order valence-corrected chi connectivity index (χ4v) is 4.26. The van der Waals surface area contributed by atoms with E-state index in [1.165, 1.54) is 24.0 Å². The molecule has 0 aliphatic rings. The van der Waals surface area contributed by atoms with E-state index in [0.29, 0.717) is 22.4 Å². The first-order chi connectivity index (χ1) is 18.8. The van der Waals surface area contributed by atoms with Gasteiger partial charge in [-0.3, -0.25) is 14.3 Å². The number of nitrogens with zero attached hydrogens (tertiary/aromatic N) is 3. The number of carbonyl (C=O) groups is 2. The molecule has 4 aromatic carbocycles. The molecule has 6 heteroatoms. The number of fused-ring (bicyclic) bond motifs is 1. The first-order valence-corrected chi connectivity index (χ1v) is 12.1. The number of aryl methyl sites for hydroxylation is 1. The van der Waals surface area contributed by atoms with Gasteiger partial charge in [-0.25, -0.2) is 4.39 Å². The molecule has 188 valence electrons. The molecule has 0 spiro atoms. The van der Waals surface area contributed by atoms with Gasteiger partial charge in [0.1, 0.15) is 5.82 Å². The van der Waals surface area contributed by atoms with Crippen LogP contribution in [0, 0.1) is 5.82 Å². The number of benzene rings is 4. The number of anilines is 1. The zero-order valence-corrected chi connectivity index (χ0v) is 21.0. The topological polar surface area (TPSA) is 55.2 Å². The summed E-state index contributed by atoms with van der Waals surface area (Å²) >= 11 is 0. The molecule has 1 unspecified atom stereocenters. The van der Waals surface area contributed by atoms with Crippen molar-refractivity contribution in [2.45, 2.75) is 13.4 Å². The van der Waals surface area contributed by atoms with Gasteiger partial charge in [0.2, 0.25) is 0 Å². The fourth-order valence-electron chi connectivity index (χ4n) is 4.26. The number of halogens is 1. The first-order valence-electron chi connectivity index (χ1n) is 12.7. The minimum atomic E-state index is -1.36. The maximum atomic E-state index is 15.6. The molecule has 0 fully saturated rings. The van der Waals surface area contributed by atoms with E-state index in [1.807, 2.05) is 25.2 Å². The van der Waals surface area contributed by atoms with E-state index in [9.17, 15) is 9.59 Å². The number of carbonyl (C=O) groups excluding carboxylic acids is 2. The summed E-state index contributed by atoms with van der Waals surface area (Å²) in [6.45, 7) is 0.0896. The summed E-state index contributed by atoms with van der Waals surface area (Å²) in [6.07, 6.45) is 4.84. The van der Waals surface area contributed by atoms with Gasteiger partial charge in [0.25, 0.3) is 5.91 Å². The van der Waals surface area contributed by atoms with Crippen LogP contribution in [0.1, 0.15) is 29.8 Å². The summed E-state index contributed by atoms with van der Waals surface area (Å²) in [5, 5.41) is 5.20. The Morgan fingerprint density at radius 1 is 0.974 bits per heavy atom. The summed E-state index contributed by atoms with van der Waals surface area (Å²) in [6, 6.07) is 26.0. The van der Waals surface area contributed by atoms with Crippen LogP contribution in [0.5, 0.6) is 0 Å². The van der Waals surface area contributed by atoms with Crippen LogP contribution in [0.15, 0.2) is 103 Å². The molecule has 5 rings (SSSR count). The third-order valence-electron chi connectivity index (χ3n) is 6.25. The molecule has 5 aromatic rings. The van der Waals surface area contributed by atoms with Crippen LogP contribution < -0.4 is 4.90 Å². The van der Waals surface area contributed by atoms with Gasteiger partial charge in [-0.15, -0.1) is 0 Å². The zero-order valence-electron chi connectivity index (χ0n) is 22.0. The number of hydrogen-bond donors (Lipinski definition) is 0. The Balaban J connectivity index is 1.54. The van der Waals surface area contributed by atoms with Crippen molar-refractivity contribution in [2.24, 2.45) is 7.05 Å². The van der Waals surface area contributed by atoms with E-state index in [2.05, 4.69) is 5.10 Å². The molecule has 5 nitrogen and oxygen atoms in total. The van der Waals surface area contributed by atoms with Crippen LogP contribution in [0.25, 0.3) is 28.1 Å². The van der Waals surface area contributed by atoms with Crippen molar-refractivity contribution in [3.63, 3.8) is 0 Å². The smallest absolute Gasteiger partial charge is 0.258 e. The Kier molecular flexibility index (Phi) is 6.60. The lowest BCUT2D eigenvalue weighted by Crippen LogP contribution is -2.30. The SMILES string of the molecule is [2H]C(c1ccc(-c2ccc3c(cnn3C)c2)cc1F)N(C(=O)c1ccccc1)c1cccc(/C=C/C(C)=O)c1. The third-order valence-corrected chi connectivity index (χ3v) is 6.25. The summed E-state index contributed by atoms with van der Waals surface area (Å²) in [5.74, 6) is -1.13. The van der Waals surface area contributed by atoms with Gasteiger partial charge < -0.3 is 4.90 Å². The lowest BCUT2D eigenvalue weighted by atomic mass is 10.0. The summed E-state index contributed by atoms with van der Waals surface area (Å²) in [5.41, 5.74) is 3.99. The van der Waals surface area contributed by atoms with Crippen molar-refractivity contribution >= 4 is 34.4 Å². The average molecular weight is 505 g/mol. The van der Waals surface area contributed by atoms with E-state index in [1.54, 1.807) is 83.7 Å². The quantitative estimate of drug-likeness (QED) is 0.228. The predicted octanol–water partition coefficient (Wildman–Crippen LogP) is 6.83. The van der Waals surface area contributed by atoms with Gasteiger partial charge in [0.15, 0.2) is 5.78 Å². The molecule has 0 aliphatic carbocycles. The van der Waals surface area contributed by atoms with E-state index in [0.717, 1.165) is 16.5 Å². The molecule has 0 saturated heterocycles. The highest BCUT2D eigenvalue weighted by molar-refractivity contribution is 6.06. The first kappa shape index (κ1) is 23.6. The minimum absolute atomic E-state index is 0.0650. The second kappa shape index (κ2) is 10.6. The molecule has 0 radical (unpaired) electrons. The van der Waals surface area contributed by atoms with E-state index < -0.39 is 18.2 Å². The van der Waals surface area contributed by atoms with Gasteiger partial charge in [0.05, 0.1) is 19.6 Å². The van der Waals surface area contributed by atoms with Gasteiger partial charge in [-0.05, 0) is 72.2 Å². The van der Waals surface area contributed by atoms with Crippen LogP contribution >= 0.6 is 0 Å². The minimum Gasteiger partial charge on any atom is -0.304 e. The number of aromatic nitrogens is 2. The maximum Gasteiger partial charge on any atom is 0.258 e. The lowest BCUT2D eigenvalue weighted by Gasteiger charge is -2.24. The Hall–Kier alpha value is -4.84. The summed E-state index contributed by atoms with van der Waals surface area (Å²) in [7, 11) is 1.86. The molecule has 1 aromatic heterocycles. The van der Waals surface area contributed by atoms with Crippen molar-refractivity contribution in [1.29, 1.82) is 0 Å². The van der Waals surface area contributed by atoms with E-state index in [-0.39, 0.29) is 11.3 Å². The van der Waals surface area contributed by atoms with E-state index >= 15 is 4.39 Å². The van der Waals surface area contributed by atoms with Crippen LogP contribution in [0.4, 0.5) is 10.1 Å². The summed E-state index contributed by atoms with van der Waals surface area (Å²) < 4.78 is 26.4. The van der Waals surface area contributed by atoms with Crippen molar-refractivity contribution in [3.05, 3.63) is 126 Å². The highest BCUT2D eigenvalue weighted by Gasteiger charge is 2.20. The molecule has 0 N–H and O–H groups in total. The van der Waals surface area contributed by atoms with Crippen molar-refractivity contribution in [2.75, 3.05) is 4.90 Å². The Labute approximate surface area is 221 Å². The Morgan fingerprint density at radius 2 is 1.74 bits per heavy atom. The largest absolute Gasteiger partial charge is 0.304 e. The number of rotatable bonds is 7. The second-order valence-corrected chi connectivity index (χ2v) is 8.99. The lowest BCUT2D eigenvalue weighted by molar-refractivity contribution is -0.112. The van der Waals surface area contributed by atoms with E-state index in [4.69, 9.17) is 1.37 Å². The van der Waals surface area contributed by atoms with Crippen molar-refractivity contribution < 1.29 is 15.4 Å². The van der Waals surface area contributed by atoms with Crippen molar-refractivity contribution in [3.8, 4) is 11.1 Å². The Bertz CT molecular complexity index is 1710. The van der Waals surface area contributed by atoms with Gasteiger partial charge in [-0.2, -0.15) is 5.10 Å². The monoisotopic (exact) mass is 504 g/mol. The normalized spacial score (nSPS) is 12.4. The molecule has 1 amide bonds. The van der Waals surface area contributed by atoms with Crippen LogP contribution in [-0.2, 0) is 18.4 Å². The highest BCUT2D eigenvalue weighted by atomic mass is 19.1. The van der Waals surface area contributed by atoms with Crippen LogP contribution in [0.3, 0.4) is 0 Å². The second-order valence-electron chi connectivity index (χ2n) is 8.99. The molecule has 38 heavy (non-hydrogen) atoms. The Morgan fingerprint density at radius 3 is 2.50 bits per heavy atom. The maximum absolute atomic E-state index is 15.6. The van der Waals surface area contributed by atoms with Gasteiger partial charge in [0, 0.05) is 29.2 Å². The molecule has 0 saturated carbocycles. The average Bonchev–Trinajstić information content (AvgIpc) is 3.32. The predicted molar refractivity (Wildman–Crippen MR) is 149 cm³/mol.